The number of rotatable bonds is 4. The molecule has 8 nitrogen and oxygen atoms in total. The first kappa shape index (κ1) is 19.2. The molecule has 8 heteroatoms. The molecule has 29 heavy (non-hydrogen) atoms. The summed E-state index contributed by atoms with van der Waals surface area (Å²) in [6.45, 7) is 8.67. The van der Waals surface area contributed by atoms with Gasteiger partial charge in [-0.15, -0.1) is 5.10 Å². The van der Waals surface area contributed by atoms with Gasteiger partial charge in [0.1, 0.15) is 0 Å². The van der Waals surface area contributed by atoms with Crippen molar-refractivity contribution in [3.63, 3.8) is 0 Å². The van der Waals surface area contributed by atoms with E-state index in [0.717, 1.165) is 11.3 Å². The SMILES string of the molecule is CCc1nnc(N2CCN(C(=O)c3cc(-c4ccc(C)c(C)c4)n(C)n3)CC2)o1. The van der Waals surface area contributed by atoms with Crippen LogP contribution < -0.4 is 4.90 Å². The average Bonchev–Trinajstić information content (AvgIpc) is 3.36. The molecule has 0 aliphatic carbocycles. The lowest BCUT2D eigenvalue weighted by atomic mass is 10.0. The number of aryl methyl sites for hydroxylation is 4. The molecule has 0 unspecified atom stereocenters. The van der Waals surface area contributed by atoms with Crippen LogP contribution in [0.5, 0.6) is 0 Å². The van der Waals surface area contributed by atoms with Gasteiger partial charge in [-0.3, -0.25) is 9.48 Å². The Bertz CT molecular complexity index is 1030. The number of carbonyl (C=O) groups excluding carboxylic acids is 1. The monoisotopic (exact) mass is 394 g/mol. The van der Waals surface area contributed by atoms with Crippen LogP contribution in [0.25, 0.3) is 11.3 Å². The molecule has 0 atom stereocenters. The molecule has 2 aromatic heterocycles. The zero-order valence-corrected chi connectivity index (χ0v) is 17.3. The number of carbonyl (C=O) groups is 1. The highest BCUT2D eigenvalue weighted by molar-refractivity contribution is 5.93. The molecule has 0 N–H and O–H groups in total. The van der Waals surface area contributed by atoms with E-state index in [9.17, 15) is 4.79 Å². The van der Waals surface area contributed by atoms with Crippen LogP contribution >= 0.6 is 0 Å². The second-order valence-electron chi connectivity index (χ2n) is 7.45. The Labute approximate surface area is 170 Å². The highest BCUT2D eigenvalue weighted by atomic mass is 16.4. The number of piperazine rings is 1. The van der Waals surface area contributed by atoms with Gasteiger partial charge in [-0.2, -0.15) is 5.10 Å². The first-order valence-corrected chi connectivity index (χ1v) is 9.94. The predicted octanol–water partition coefficient (Wildman–Crippen LogP) is 2.61. The second-order valence-corrected chi connectivity index (χ2v) is 7.45. The topological polar surface area (TPSA) is 80.3 Å². The molecule has 3 heterocycles. The molecular formula is C21H26N6O2. The molecule has 1 aliphatic heterocycles. The summed E-state index contributed by atoms with van der Waals surface area (Å²) in [5, 5.41) is 12.6. The lowest BCUT2D eigenvalue weighted by molar-refractivity contribution is 0.0738. The van der Waals surface area contributed by atoms with Crippen LogP contribution in [0.3, 0.4) is 0 Å². The molecule has 0 spiro atoms. The first-order valence-electron chi connectivity index (χ1n) is 9.94. The number of anilines is 1. The summed E-state index contributed by atoms with van der Waals surface area (Å²) in [4.78, 5) is 16.8. The zero-order valence-electron chi connectivity index (χ0n) is 17.3. The summed E-state index contributed by atoms with van der Waals surface area (Å²) in [6.07, 6.45) is 0.716. The van der Waals surface area contributed by atoms with Crippen molar-refractivity contribution in [2.24, 2.45) is 7.05 Å². The van der Waals surface area contributed by atoms with Gasteiger partial charge in [0, 0.05) is 45.2 Å². The Morgan fingerprint density at radius 1 is 1.07 bits per heavy atom. The minimum atomic E-state index is -0.0462. The van der Waals surface area contributed by atoms with E-state index in [0.29, 0.717) is 50.2 Å². The standard InChI is InChI=1S/C21H26N6O2/c1-5-19-22-23-21(29-19)27-10-8-26(9-11-27)20(28)17-13-18(25(4)24-17)16-7-6-14(2)15(3)12-16/h6-7,12-13H,5,8-11H2,1-4H3. The Morgan fingerprint density at radius 2 is 1.83 bits per heavy atom. The fourth-order valence-corrected chi connectivity index (χ4v) is 3.52. The Hall–Kier alpha value is -3.16. The number of benzene rings is 1. The lowest BCUT2D eigenvalue weighted by Gasteiger charge is -2.33. The Balaban J connectivity index is 1.46. The molecule has 1 aromatic carbocycles. The second kappa shape index (κ2) is 7.69. The van der Waals surface area contributed by atoms with E-state index >= 15 is 0 Å². The summed E-state index contributed by atoms with van der Waals surface area (Å²) in [6, 6.07) is 8.71. The molecule has 0 saturated carbocycles. The van der Waals surface area contributed by atoms with Crippen LogP contribution in [-0.2, 0) is 13.5 Å². The van der Waals surface area contributed by atoms with E-state index in [1.165, 1.54) is 11.1 Å². The van der Waals surface area contributed by atoms with Gasteiger partial charge in [0.15, 0.2) is 5.69 Å². The van der Waals surface area contributed by atoms with Gasteiger partial charge >= 0.3 is 6.01 Å². The van der Waals surface area contributed by atoms with E-state index < -0.39 is 0 Å². The zero-order chi connectivity index (χ0) is 20.5. The lowest BCUT2D eigenvalue weighted by Crippen LogP contribution is -2.49. The molecule has 1 fully saturated rings. The molecule has 4 rings (SSSR count). The normalized spacial score (nSPS) is 14.5. The minimum Gasteiger partial charge on any atom is -0.408 e. The van der Waals surface area contributed by atoms with Gasteiger partial charge in [0.2, 0.25) is 5.89 Å². The quantitative estimate of drug-likeness (QED) is 0.677. The average molecular weight is 394 g/mol. The van der Waals surface area contributed by atoms with Gasteiger partial charge in [-0.25, -0.2) is 0 Å². The van der Waals surface area contributed by atoms with Crippen molar-refractivity contribution >= 4 is 11.9 Å². The number of hydrogen-bond acceptors (Lipinski definition) is 6. The molecular weight excluding hydrogens is 368 g/mol. The molecule has 0 bridgehead atoms. The summed E-state index contributed by atoms with van der Waals surface area (Å²) < 4.78 is 7.40. The molecule has 3 aromatic rings. The van der Waals surface area contributed by atoms with E-state index in [-0.39, 0.29) is 5.91 Å². The van der Waals surface area contributed by atoms with Crippen molar-refractivity contribution in [1.82, 2.24) is 24.9 Å². The van der Waals surface area contributed by atoms with Crippen molar-refractivity contribution in [3.05, 3.63) is 47.0 Å². The fourth-order valence-electron chi connectivity index (χ4n) is 3.52. The van der Waals surface area contributed by atoms with E-state index in [1.807, 2.05) is 29.8 Å². The highest BCUT2D eigenvalue weighted by Gasteiger charge is 2.26. The maximum absolute atomic E-state index is 13.0. The summed E-state index contributed by atoms with van der Waals surface area (Å²) in [5.74, 6) is 0.584. The van der Waals surface area contributed by atoms with Crippen molar-refractivity contribution in [2.45, 2.75) is 27.2 Å². The van der Waals surface area contributed by atoms with Gasteiger partial charge in [0.25, 0.3) is 5.91 Å². The third-order valence-electron chi connectivity index (χ3n) is 5.50. The predicted molar refractivity (Wildman–Crippen MR) is 110 cm³/mol. The van der Waals surface area contributed by atoms with E-state index in [4.69, 9.17) is 4.42 Å². The number of amides is 1. The molecule has 0 radical (unpaired) electrons. The van der Waals surface area contributed by atoms with Crippen molar-refractivity contribution in [3.8, 4) is 11.3 Å². The van der Waals surface area contributed by atoms with Crippen LogP contribution in [0.1, 0.15) is 34.4 Å². The van der Waals surface area contributed by atoms with Gasteiger partial charge in [0.05, 0.1) is 5.69 Å². The molecule has 1 amide bonds. The van der Waals surface area contributed by atoms with Gasteiger partial charge < -0.3 is 14.2 Å². The van der Waals surface area contributed by atoms with E-state index in [1.54, 1.807) is 4.68 Å². The number of aromatic nitrogens is 4. The smallest absolute Gasteiger partial charge is 0.318 e. The van der Waals surface area contributed by atoms with Crippen molar-refractivity contribution in [1.29, 1.82) is 0 Å². The molecule has 1 aliphatic rings. The maximum Gasteiger partial charge on any atom is 0.318 e. The van der Waals surface area contributed by atoms with Crippen LogP contribution in [0.2, 0.25) is 0 Å². The van der Waals surface area contributed by atoms with Crippen LogP contribution in [0.4, 0.5) is 6.01 Å². The maximum atomic E-state index is 13.0. The van der Waals surface area contributed by atoms with Gasteiger partial charge in [-0.05, 0) is 37.1 Å². The largest absolute Gasteiger partial charge is 0.408 e. The van der Waals surface area contributed by atoms with Crippen molar-refractivity contribution in [2.75, 3.05) is 31.1 Å². The summed E-state index contributed by atoms with van der Waals surface area (Å²) in [5.41, 5.74) is 4.95. The third kappa shape index (κ3) is 3.74. The fraction of sp³-hybridized carbons (Fsp3) is 0.429. The minimum absolute atomic E-state index is 0.0462. The first-order chi connectivity index (χ1) is 14.0. The molecule has 152 valence electrons. The third-order valence-corrected chi connectivity index (χ3v) is 5.50. The van der Waals surface area contributed by atoms with Gasteiger partial charge in [-0.1, -0.05) is 24.2 Å². The highest BCUT2D eigenvalue weighted by Crippen LogP contribution is 2.24. The summed E-state index contributed by atoms with van der Waals surface area (Å²) >= 11 is 0. The molecule has 1 saturated heterocycles. The Kier molecular flexibility index (Phi) is 5.08. The van der Waals surface area contributed by atoms with E-state index in [2.05, 4.69) is 47.3 Å². The summed E-state index contributed by atoms with van der Waals surface area (Å²) in [7, 11) is 1.88. The van der Waals surface area contributed by atoms with Crippen LogP contribution in [-0.4, -0.2) is 57.0 Å². The van der Waals surface area contributed by atoms with Crippen molar-refractivity contribution < 1.29 is 9.21 Å². The number of hydrogen-bond donors (Lipinski definition) is 0. The van der Waals surface area contributed by atoms with Crippen LogP contribution in [0, 0.1) is 13.8 Å². The van der Waals surface area contributed by atoms with Crippen LogP contribution in [0.15, 0.2) is 28.7 Å². The number of nitrogens with zero attached hydrogens (tertiary/aromatic N) is 6. The Morgan fingerprint density at radius 3 is 2.48 bits per heavy atom.